The van der Waals surface area contributed by atoms with Crippen molar-refractivity contribution in [3.05, 3.63) is 69.4 Å². The van der Waals surface area contributed by atoms with Crippen LogP contribution in [0.2, 0.25) is 0 Å². The Kier molecular flexibility index (Phi) is 4.81. The monoisotopic (exact) mass is 299 g/mol. The zero-order chi connectivity index (χ0) is 15.9. The van der Waals surface area contributed by atoms with E-state index in [0.717, 1.165) is 11.1 Å². The molecule has 0 atom stereocenters. The summed E-state index contributed by atoms with van der Waals surface area (Å²) in [7, 11) is 0. The van der Waals surface area contributed by atoms with Gasteiger partial charge in [-0.15, -0.1) is 0 Å². The van der Waals surface area contributed by atoms with E-state index in [0.29, 0.717) is 5.56 Å². The number of pyridine rings is 1. The molecule has 0 fully saturated rings. The molecule has 2 N–H and O–H groups in total. The van der Waals surface area contributed by atoms with Crippen LogP contribution in [0.1, 0.15) is 16.7 Å². The molecule has 7 heteroatoms. The van der Waals surface area contributed by atoms with Crippen LogP contribution in [0.4, 0.5) is 10.6 Å². The first-order valence-corrected chi connectivity index (χ1v) is 6.39. The predicted molar refractivity (Wildman–Crippen MR) is 81.1 cm³/mol. The maximum absolute atomic E-state index is 10.6. The lowest BCUT2D eigenvalue weighted by molar-refractivity contribution is -0.389. The van der Waals surface area contributed by atoms with Gasteiger partial charge in [0.25, 0.3) is 0 Å². The number of nitrogens with one attached hydrogen (secondary N) is 1. The maximum atomic E-state index is 10.6. The minimum Gasteiger partial charge on any atom is -0.465 e. The standard InChI is InChI=1S/C15H13N3O4/c19-15(20)17-10-13-5-2-11(3-6-13)1-4-12-7-8-16-14(9-12)18(21)22/h1-9,17H,10H2,(H,19,20). The second kappa shape index (κ2) is 6.98. The zero-order valence-electron chi connectivity index (χ0n) is 11.5. The number of amides is 1. The largest absolute Gasteiger partial charge is 0.465 e. The molecule has 0 bridgehead atoms. The fourth-order valence-corrected chi connectivity index (χ4v) is 1.75. The first kappa shape index (κ1) is 15.2. The van der Waals surface area contributed by atoms with Crippen LogP contribution in [-0.4, -0.2) is 21.1 Å². The summed E-state index contributed by atoms with van der Waals surface area (Å²) in [6.07, 6.45) is 3.88. The molecule has 0 saturated heterocycles. The van der Waals surface area contributed by atoms with Gasteiger partial charge in [0.15, 0.2) is 0 Å². The van der Waals surface area contributed by atoms with Gasteiger partial charge in [-0.25, -0.2) is 4.79 Å². The van der Waals surface area contributed by atoms with Crippen molar-refractivity contribution in [2.24, 2.45) is 0 Å². The van der Waals surface area contributed by atoms with E-state index < -0.39 is 11.0 Å². The Morgan fingerprint density at radius 1 is 1.23 bits per heavy atom. The number of carbonyl (C=O) groups is 1. The summed E-state index contributed by atoms with van der Waals surface area (Å²) in [5, 5.41) is 21.5. The molecule has 1 amide bonds. The molecular weight excluding hydrogens is 286 g/mol. The van der Waals surface area contributed by atoms with E-state index >= 15 is 0 Å². The van der Waals surface area contributed by atoms with Gasteiger partial charge in [0, 0.05) is 12.6 Å². The van der Waals surface area contributed by atoms with Gasteiger partial charge >= 0.3 is 11.9 Å². The molecule has 1 aromatic carbocycles. The Balaban J connectivity index is 2.05. The van der Waals surface area contributed by atoms with Crippen LogP contribution < -0.4 is 5.32 Å². The average Bonchev–Trinajstić information content (AvgIpc) is 2.52. The summed E-state index contributed by atoms with van der Waals surface area (Å²) in [5.74, 6) is -0.197. The Labute approximate surface area is 126 Å². The van der Waals surface area contributed by atoms with Gasteiger partial charge in [0.2, 0.25) is 0 Å². The first-order chi connectivity index (χ1) is 10.5. The molecule has 2 aromatic rings. The number of hydrogen-bond acceptors (Lipinski definition) is 4. The SMILES string of the molecule is O=C(O)NCc1ccc(C=Cc2ccnc([N+](=O)[O-])c2)cc1. The summed E-state index contributed by atoms with van der Waals surface area (Å²) in [6, 6.07) is 10.4. The molecular formula is C15H13N3O4. The Morgan fingerprint density at radius 3 is 2.55 bits per heavy atom. The molecule has 1 heterocycles. The molecule has 7 nitrogen and oxygen atoms in total. The Bertz CT molecular complexity index is 711. The topological polar surface area (TPSA) is 105 Å². The summed E-state index contributed by atoms with van der Waals surface area (Å²) in [4.78, 5) is 24.2. The van der Waals surface area contributed by atoms with Gasteiger partial charge < -0.3 is 20.5 Å². The van der Waals surface area contributed by atoms with Crippen LogP contribution in [0.3, 0.4) is 0 Å². The zero-order valence-corrected chi connectivity index (χ0v) is 11.5. The van der Waals surface area contributed by atoms with E-state index in [9.17, 15) is 14.9 Å². The van der Waals surface area contributed by atoms with Crippen molar-refractivity contribution in [1.82, 2.24) is 10.3 Å². The number of nitro groups is 1. The van der Waals surface area contributed by atoms with Gasteiger partial charge in [-0.05, 0) is 32.7 Å². The van der Waals surface area contributed by atoms with E-state index in [-0.39, 0.29) is 12.4 Å². The fraction of sp³-hybridized carbons (Fsp3) is 0.0667. The first-order valence-electron chi connectivity index (χ1n) is 6.39. The van der Waals surface area contributed by atoms with Gasteiger partial charge in [-0.2, -0.15) is 0 Å². The molecule has 0 saturated carbocycles. The summed E-state index contributed by atoms with van der Waals surface area (Å²) < 4.78 is 0. The van der Waals surface area contributed by atoms with Crippen molar-refractivity contribution in [1.29, 1.82) is 0 Å². The highest BCUT2D eigenvalue weighted by Crippen LogP contribution is 2.13. The molecule has 112 valence electrons. The quantitative estimate of drug-likeness (QED) is 0.652. The fourth-order valence-electron chi connectivity index (χ4n) is 1.75. The number of carboxylic acid groups (broad SMARTS) is 1. The van der Waals surface area contributed by atoms with E-state index in [2.05, 4.69) is 10.3 Å². The predicted octanol–water partition coefficient (Wildman–Crippen LogP) is 2.93. The minimum absolute atomic E-state index is 0.197. The van der Waals surface area contributed by atoms with E-state index in [1.165, 1.54) is 12.3 Å². The summed E-state index contributed by atoms with van der Waals surface area (Å²) in [6.45, 7) is 0.246. The Hall–Kier alpha value is -3.22. The van der Waals surface area contributed by atoms with Crippen molar-refractivity contribution in [2.75, 3.05) is 0 Å². The molecule has 0 unspecified atom stereocenters. The van der Waals surface area contributed by atoms with Crippen molar-refractivity contribution in [3.63, 3.8) is 0 Å². The lowest BCUT2D eigenvalue weighted by Gasteiger charge is -2.01. The maximum Gasteiger partial charge on any atom is 0.404 e. The lowest BCUT2D eigenvalue weighted by Crippen LogP contribution is -2.19. The van der Waals surface area contributed by atoms with E-state index in [4.69, 9.17) is 5.11 Å². The highest BCUT2D eigenvalue weighted by molar-refractivity contribution is 5.70. The number of aromatic nitrogens is 1. The van der Waals surface area contributed by atoms with Crippen molar-refractivity contribution < 1.29 is 14.8 Å². The molecule has 0 aliphatic heterocycles. The molecule has 0 aliphatic carbocycles. The summed E-state index contributed by atoms with van der Waals surface area (Å²) >= 11 is 0. The normalized spacial score (nSPS) is 10.5. The third-order valence-electron chi connectivity index (χ3n) is 2.85. The van der Waals surface area contributed by atoms with Crippen molar-refractivity contribution in [3.8, 4) is 0 Å². The van der Waals surface area contributed by atoms with Gasteiger partial charge in [-0.1, -0.05) is 36.4 Å². The molecule has 0 aliphatic rings. The highest BCUT2D eigenvalue weighted by Gasteiger charge is 2.05. The number of nitrogens with zero attached hydrogens (tertiary/aromatic N) is 2. The minimum atomic E-state index is -1.07. The van der Waals surface area contributed by atoms with Crippen LogP contribution in [0, 0.1) is 10.1 Å². The average molecular weight is 299 g/mol. The van der Waals surface area contributed by atoms with Crippen molar-refractivity contribution >= 4 is 24.1 Å². The third-order valence-corrected chi connectivity index (χ3v) is 2.85. The van der Waals surface area contributed by atoms with Crippen LogP contribution in [0.25, 0.3) is 12.2 Å². The van der Waals surface area contributed by atoms with Crippen LogP contribution in [0.15, 0.2) is 42.6 Å². The number of benzene rings is 1. The van der Waals surface area contributed by atoms with Gasteiger partial charge in [0.05, 0.1) is 0 Å². The second-order valence-electron chi connectivity index (χ2n) is 4.44. The molecule has 2 rings (SSSR count). The molecule has 0 radical (unpaired) electrons. The summed E-state index contributed by atoms with van der Waals surface area (Å²) in [5.41, 5.74) is 2.43. The number of hydrogen-bond donors (Lipinski definition) is 2. The van der Waals surface area contributed by atoms with Crippen LogP contribution in [-0.2, 0) is 6.54 Å². The van der Waals surface area contributed by atoms with Crippen LogP contribution >= 0.6 is 0 Å². The smallest absolute Gasteiger partial charge is 0.404 e. The molecule has 1 aromatic heterocycles. The number of rotatable bonds is 5. The highest BCUT2D eigenvalue weighted by atomic mass is 16.6. The molecule has 22 heavy (non-hydrogen) atoms. The Morgan fingerprint density at radius 2 is 1.91 bits per heavy atom. The van der Waals surface area contributed by atoms with Gasteiger partial charge in [0.1, 0.15) is 6.20 Å². The third kappa shape index (κ3) is 4.41. The van der Waals surface area contributed by atoms with Crippen LogP contribution in [0.5, 0.6) is 0 Å². The van der Waals surface area contributed by atoms with Crippen molar-refractivity contribution in [2.45, 2.75) is 6.54 Å². The van der Waals surface area contributed by atoms with E-state index in [1.807, 2.05) is 30.3 Å². The van der Waals surface area contributed by atoms with E-state index in [1.54, 1.807) is 12.1 Å². The lowest BCUT2D eigenvalue weighted by atomic mass is 10.1. The van der Waals surface area contributed by atoms with Gasteiger partial charge in [-0.3, -0.25) is 0 Å². The second-order valence-corrected chi connectivity index (χ2v) is 4.44. The molecule has 0 spiro atoms.